The van der Waals surface area contributed by atoms with Crippen molar-refractivity contribution in [2.45, 2.75) is 13.8 Å². The molecule has 0 aliphatic carbocycles. The van der Waals surface area contributed by atoms with Crippen LogP contribution in [0.3, 0.4) is 0 Å². The molecule has 6 rings (SSSR count). The van der Waals surface area contributed by atoms with E-state index < -0.39 is 0 Å². The fourth-order valence-electron chi connectivity index (χ4n) is 4.91. The van der Waals surface area contributed by atoms with Gasteiger partial charge in [-0.25, -0.2) is 0 Å². The van der Waals surface area contributed by atoms with E-state index in [4.69, 9.17) is 0 Å². The molecule has 0 saturated heterocycles. The summed E-state index contributed by atoms with van der Waals surface area (Å²) in [5.74, 6) is 0. The Kier molecular flexibility index (Phi) is 7.24. The Balaban J connectivity index is 1.15. The second-order valence-corrected chi connectivity index (χ2v) is 10.6. The molecule has 0 aromatic heterocycles. The van der Waals surface area contributed by atoms with Crippen molar-refractivity contribution >= 4 is 58.0 Å². The lowest BCUT2D eigenvalue weighted by Gasteiger charge is -2.04. The van der Waals surface area contributed by atoms with Gasteiger partial charge >= 0.3 is 0 Å². The van der Waals surface area contributed by atoms with Crippen molar-refractivity contribution in [3.05, 3.63) is 166 Å². The van der Waals surface area contributed by atoms with E-state index in [1.807, 2.05) is 0 Å². The molecule has 0 aliphatic rings. The second-order valence-electron chi connectivity index (χ2n) is 10.6. The molecular weight excluding hydrogens is 480 g/mol. The molecule has 0 heteroatoms. The van der Waals surface area contributed by atoms with Crippen molar-refractivity contribution in [2.24, 2.45) is 0 Å². The number of hydrogen-bond donors (Lipinski definition) is 0. The SMILES string of the molecule is Cc1ccc(C=Cc2ccc3cc(C=Cc4ccc5cc(C=Cc6ccc(C)cc6)ccc5c4)ccc3c2)cc1. The highest BCUT2D eigenvalue weighted by atomic mass is 14.0. The van der Waals surface area contributed by atoms with Crippen LogP contribution in [0.4, 0.5) is 0 Å². The molecule has 0 aliphatic heterocycles. The van der Waals surface area contributed by atoms with Gasteiger partial charge in [0.15, 0.2) is 0 Å². The fourth-order valence-corrected chi connectivity index (χ4v) is 4.91. The molecule has 0 unspecified atom stereocenters. The van der Waals surface area contributed by atoms with E-state index in [1.165, 1.54) is 66.1 Å². The first-order valence-corrected chi connectivity index (χ1v) is 13.8. The van der Waals surface area contributed by atoms with Gasteiger partial charge in [0.25, 0.3) is 0 Å². The van der Waals surface area contributed by atoms with Crippen LogP contribution in [0.2, 0.25) is 0 Å². The first-order valence-electron chi connectivity index (χ1n) is 13.8. The van der Waals surface area contributed by atoms with E-state index in [-0.39, 0.29) is 0 Å². The van der Waals surface area contributed by atoms with Gasteiger partial charge in [0.05, 0.1) is 0 Å². The average molecular weight is 513 g/mol. The van der Waals surface area contributed by atoms with E-state index in [0.717, 1.165) is 0 Å². The van der Waals surface area contributed by atoms with Crippen LogP contribution < -0.4 is 0 Å². The minimum atomic E-state index is 1.20. The predicted octanol–water partition coefficient (Wildman–Crippen LogP) is 11.1. The molecule has 0 nitrogen and oxygen atoms in total. The van der Waals surface area contributed by atoms with Crippen LogP contribution >= 0.6 is 0 Å². The molecular formula is C40H32. The number of rotatable bonds is 6. The molecule has 0 bridgehead atoms. The van der Waals surface area contributed by atoms with Crippen molar-refractivity contribution < 1.29 is 0 Å². The minimum absolute atomic E-state index is 1.20. The van der Waals surface area contributed by atoms with Gasteiger partial charge < -0.3 is 0 Å². The summed E-state index contributed by atoms with van der Waals surface area (Å²) in [6.07, 6.45) is 13.1. The minimum Gasteiger partial charge on any atom is -0.0587 e. The van der Waals surface area contributed by atoms with Gasteiger partial charge in [0.1, 0.15) is 0 Å². The summed E-state index contributed by atoms with van der Waals surface area (Å²) >= 11 is 0. The van der Waals surface area contributed by atoms with Gasteiger partial charge in [-0.2, -0.15) is 0 Å². The van der Waals surface area contributed by atoms with Gasteiger partial charge in [-0.15, -0.1) is 0 Å². The van der Waals surface area contributed by atoms with Crippen LogP contribution in [0.15, 0.2) is 121 Å². The van der Waals surface area contributed by atoms with Gasteiger partial charge in [-0.05, 0) is 93.0 Å². The van der Waals surface area contributed by atoms with E-state index in [0.29, 0.717) is 0 Å². The quantitative estimate of drug-likeness (QED) is 0.195. The number of hydrogen-bond acceptors (Lipinski definition) is 0. The maximum absolute atomic E-state index is 2.26. The Morgan fingerprint density at radius 1 is 0.275 bits per heavy atom. The van der Waals surface area contributed by atoms with Gasteiger partial charge in [-0.1, -0.05) is 145 Å². The van der Waals surface area contributed by atoms with Gasteiger partial charge in [0, 0.05) is 0 Å². The Morgan fingerprint density at radius 2 is 0.500 bits per heavy atom. The molecule has 0 heterocycles. The molecule has 6 aromatic rings. The number of aryl methyl sites for hydroxylation is 2. The standard InChI is InChI=1S/C40H32/c1-29-3-7-31(8-4-29)11-13-33-17-21-39-27-35(19-23-37(39)25-33)15-16-36-20-24-38-26-34(18-22-40(38)28-36)14-12-32-9-5-30(2)6-10-32/h3-28H,1-2H3. The largest absolute Gasteiger partial charge is 0.0587 e. The zero-order chi connectivity index (χ0) is 27.3. The summed E-state index contributed by atoms with van der Waals surface area (Å²) in [5, 5.41) is 5.00. The maximum Gasteiger partial charge on any atom is -0.0178 e. The van der Waals surface area contributed by atoms with Crippen LogP contribution in [0, 0.1) is 13.8 Å². The van der Waals surface area contributed by atoms with Crippen LogP contribution in [-0.2, 0) is 0 Å². The zero-order valence-electron chi connectivity index (χ0n) is 23.0. The molecule has 0 N–H and O–H groups in total. The van der Waals surface area contributed by atoms with Crippen molar-refractivity contribution in [3.8, 4) is 0 Å². The first-order chi connectivity index (χ1) is 19.6. The molecule has 0 spiro atoms. The Labute approximate surface area is 237 Å². The summed E-state index contributed by atoms with van der Waals surface area (Å²) in [7, 11) is 0. The van der Waals surface area contributed by atoms with Crippen molar-refractivity contribution in [3.63, 3.8) is 0 Å². The molecule has 0 amide bonds. The van der Waals surface area contributed by atoms with Crippen LogP contribution in [0.25, 0.3) is 58.0 Å². The molecule has 192 valence electrons. The lowest BCUT2D eigenvalue weighted by Crippen LogP contribution is -1.80. The normalized spacial score (nSPS) is 11.9. The summed E-state index contributed by atoms with van der Waals surface area (Å²) in [6.45, 7) is 4.23. The van der Waals surface area contributed by atoms with E-state index >= 15 is 0 Å². The maximum atomic E-state index is 2.26. The van der Waals surface area contributed by atoms with Gasteiger partial charge in [0.2, 0.25) is 0 Å². The molecule has 0 radical (unpaired) electrons. The third kappa shape index (κ3) is 6.20. The number of benzene rings is 6. The van der Waals surface area contributed by atoms with Crippen molar-refractivity contribution in [1.82, 2.24) is 0 Å². The smallest absolute Gasteiger partial charge is 0.0178 e. The molecule has 40 heavy (non-hydrogen) atoms. The van der Waals surface area contributed by atoms with Crippen LogP contribution in [0.5, 0.6) is 0 Å². The summed E-state index contributed by atoms with van der Waals surface area (Å²) < 4.78 is 0. The first kappa shape index (κ1) is 25.3. The van der Waals surface area contributed by atoms with Crippen LogP contribution in [-0.4, -0.2) is 0 Å². The van der Waals surface area contributed by atoms with E-state index in [9.17, 15) is 0 Å². The predicted molar refractivity (Wildman–Crippen MR) is 177 cm³/mol. The summed E-state index contributed by atoms with van der Waals surface area (Å²) in [4.78, 5) is 0. The highest BCUT2D eigenvalue weighted by Crippen LogP contribution is 2.23. The topological polar surface area (TPSA) is 0 Å². The number of fused-ring (bicyclic) bond motifs is 2. The van der Waals surface area contributed by atoms with Gasteiger partial charge in [-0.3, -0.25) is 0 Å². The Morgan fingerprint density at radius 3 is 0.775 bits per heavy atom. The lowest BCUT2D eigenvalue weighted by molar-refractivity contribution is 1.46. The van der Waals surface area contributed by atoms with Crippen molar-refractivity contribution in [1.29, 1.82) is 0 Å². The molecule has 6 aromatic carbocycles. The third-order valence-corrected chi connectivity index (χ3v) is 7.34. The summed E-state index contributed by atoms with van der Waals surface area (Å²) in [6, 6.07) is 43.8. The van der Waals surface area contributed by atoms with E-state index in [1.54, 1.807) is 0 Å². The molecule has 0 saturated carbocycles. The lowest BCUT2D eigenvalue weighted by atomic mass is 10.0. The Bertz CT molecular complexity index is 1740. The highest BCUT2D eigenvalue weighted by Gasteiger charge is 1.99. The average Bonchev–Trinajstić information content (AvgIpc) is 2.99. The van der Waals surface area contributed by atoms with E-state index in [2.05, 4.69) is 172 Å². The monoisotopic (exact) mass is 512 g/mol. The Hall–Kier alpha value is -4.94. The molecule has 0 atom stereocenters. The summed E-state index contributed by atoms with van der Waals surface area (Å²) in [5.41, 5.74) is 9.82. The fraction of sp³-hybridized carbons (Fsp3) is 0.0500. The molecule has 0 fully saturated rings. The highest BCUT2D eigenvalue weighted by molar-refractivity contribution is 5.91. The van der Waals surface area contributed by atoms with Crippen molar-refractivity contribution in [2.75, 3.05) is 0 Å². The van der Waals surface area contributed by atoms with Crippen LogP contribution in [0.1, 0.15) is 44.5 Å². The third-order valence-electron chi connectivity index (χ3n) is 7.34. The second kappa shape index (κ2) is 11.4. The zero-order valence-corrected chi connectivity index (χ0v) is 23.0.